The number of carbonyl (C=O) groups is 2. The van der Waals surface area contributed by atoms with Gasteiger partial charge in [-0.25, -0.2) is 4.79 Å². The number of aryl methyl sites for hydroxylation is 1. The Hall–Kier alpha value is -2.63. The fourth-order valence-electron chi connectivity index (χ4n) is 3.29. The Morgan fingerprint density at radius 1 is 1.17 bits per heavy atom. The standard InChI is InChI=1S/C18H21N3O3/c22-17(8-13-21-10-3-9-19-21)20-11-6-14(7-12-20)15-4-1-2-5-16(15)18(23)24/h1-5,9-10,14H,6-8,11-13H2,(H,23,24). The van der Waals surface area contributed by atoms with E-state index in [9.17, 15) is 14.7 Å². The second-order valence-electron chi connectivity index (χ2n) is 6.07. The predicted octanol–water partition coefficient (Wildman–Crippen LogP) is 2.38. The summed E-state index contributed by atoms with van der Waals surface area (Å²) in [5.74, 6) is -0.550. The zero-order chi connectivity index (χ0) is 16.9. The third-order valence-electron chi connectivity index (χ3n) is 4.59. The first-order valence-corrected chi connectivity index (χ1v) is 8.22. The van der Waals surface area contributed by atoms with Crippen molar-refractivity contribution < 1.29 is 14.7 Å². The van der Waals surface area contributed by atoms with Crippen LogP contribution in [0.2, 0.25) is 0 Å². The lowest BCUT2D eigenvalue weighted by Gasteiger charge is -2.32. The molecule has 1 aliphatic rings. The van der Waals surface area contributed by atoms with Gasteiger partial charge in [-0.1, -0.05) is 18.2 Å². The van der Waals surface area contributed by atoms with Crippen molar-refractivity contribution in [3.8, 4) is 0 Å². The summed E-state index contributed by atoms with van der Waals surface area (Å²) < 4.78 is 1.76. The van der Waals surface area contributed by atoms with Gasteiger partial charge in [0.05, 0.1) is 5.56 Å². The maximum Gasteiger partial charge on any atom is 0.335 e. The second kappa shape index (κ2) is 7.29. The topological polar surface area (TPSA) is 75.4 Å². The van der Waals surface area contributed by atoms with E-state index in [0.29, 0.717) is 31.6 Å². The minimum absolute atomic E-state index is 0.135. The maximum absolute atomic E-state index is 12.3. The van der Waals surface area contributed by atoms with E-state index in [0.717, 1.165) is 18.4 Å². The number of hydrogen-bond donors (Lipinski definition) is 1. The van der Waals surface area contributed by atoms with E-state index in [1.54, 1.807) is 23.0 Å². The van der Waals surface area contributed by atoms with Crippen LogP contribution in [-0.2, 0) is 11.3 Å². The van der Waals surface area contributed by atoms with E-state index in [2.05, 4.69) is 5.10 Å². The van der Waals surface area contributed by atoms with Crippen LogP contribution < -0.4 is 0 Å². The number of nitrogens with zero attached hydrogens (tertiary/aromatic N) is 3. The number of carbonyl (C=O) groups excluding carboxylic acids is 1. The molecule has 3 rings (SSSR count). The van der Waals surface area contributed by atoms with Gasteiger partial charge in [-0.15, -0.1) is 0 Å². The molecule has 6 heteroatoms. The molecule has 0 bridgehead atoms. The summed E-state index contributed by atoms with van der Waals surface area (Å²) in [6.07, 6.45) is 5.60. The SMILES string of the molecule is O=C(O)c1ccccc1C1CCN(C(=O)CCn2cccn2)CC1. The zero-order valence-electron chi connectivity index (χ0n) is 13.5. The summed E-state index contributed by atoms with van der Waals surface area (Å²) in [6, 6.07) is 9.02. The molecule has 1 fully saturated rings. The number of carboxylic acid groups (broad SMARTS) is 1. The highest BCUT2D eigenvalue weighted by Crippen LogP contribution is 2.30. The van der Waals surface area contributed by atoms with Gasteiger partial charge >= 0.3 is 5.97 Å². The van der Waals surface area contributed by atoms with Crippen molar-refractivity contribution >= 4 is 11.9 Å². The van der Waals surface area contributed by atoms with Crippen molar-refractivity contribution in [2.24, 2.45) is 0 Å². The fraction of sp³-hybridized carbons (Fsp3) is 0.389. The van der Waals surface area contributed by atoms with Crippen molar-refractivity contribution in [2.75, 3.05) is 13.1 Å². The molecular weight excluding hydrogens is 306 g/mol. The largest absolute Gasteiger partial charge is 0.478 e. The summed E-state index contributed by atoms with van der Waals surface area (Å²) in [5.41, 5.74) is 1.26. The number of carboxylic acids is 1. The lowest BCUT2D eigenvalue weighted by atomic mass is 9.86. The van der Waals surface area contributed by atoms with Crippen LogP contribution >= 0.6 is 0 Å². The Kier molecular flexibility index (Phi) is 4.93. The lowest BCUT2D eigenvalue weighted by Crippen LogP contribution is -2.38. The van der Waals surface area contributed by atoms with Gasteiger partial charge in [0.1, 0.15) is 0 Å². The molecule has 24 heavy (non-hydrogen) atoms. The molecule has 0 spiro atoms. The van der Waals surface area contributed by atoms with E-state index < -0.39 is 5.97 Å². The molecule has 6 nitrogen and oxygen atoms in total. The number of benzene rings is 1. The molecule has 1 aromatic carbocycles. The predicted molar refractivity (Wildman–Crippen MR) is 88.8 cm³/mol. The summed E-state index contributed by atoms with van der Waals surface area (Å²) >= 11 is 0. The van der Waals surface area contributed by atoms with Crippen molar-refractivity contribution in [1.29, 1.82) is 0 Å². The highest BCUT2D eigenvalue weighted by molar-refractivity contribution is 5.89. The van der Waals surface area contributed by atoms with Gasteiger partial charge in [0.25, 0.3) is 0 Å². The Labute approximate surface area is 140 Å². The van der Waals surface area contributed by atoms with Gasteiger partial charge in [-0.2, -0.15) is 5.10 Å². The van der Waals surface area contributed by atoms with E-state index >= 15 is 0 Å². The number of rotatable bonds is 5. The van der Waals surface area contributed by atoms with Crippen LogP contribution in [0.1, 0.15) is 41.1 Å². The average molecular weight is 327 g/mol. The Morgan fingerprint density at radius 2 is 1.92 bits per heavy atom. The molecule has 0 radical (unpaired) electrons. The number of amides is 1. The van der Waals surface area contributed by atoms with Gasteiger partial charge in [-0.05, 0) is 36.5 Å². The van der Waals surface area contributed by atoms with E-state index in [4.69, 9.17) is 0 Å². The van der Waals surface area contributed by atoms with E-state index in [1.165, 1.54) is 0 Å². The lowest BCUT2D eigenvalue weighted by molar-refractivity contribution is -0.132. The number of piperidine rings is 1. The van der Waals surface area contributed by atoms with Crippen molar-refractivity contribution in [3.63, 3.8) is 0 Å². The van der Waals surface area contributed by atoms with Gasteiger partial charge in [0.2, 0.25) is 5.91 Å². The highest BCUT2D eigenvalue weighted by Gasteiger charge is 2.26. The smallest absolute Gasteiger partial charge is 0.335 e. The first-order valence-electron chi connectivity index (χ1n) is 8.22. The molecule has 1 saturated heterocycles. The fourth-order valence-corrected chi connectivity index (χ4v) is 3.29. The number of aromatic carboxylic acids is 1. The highest BCUT2D eigenvalue weighted by atomic mass is 16.4. The first kappa shape index (κ1) is 16.2. The molecule has 1 N–H and O–H groups in total. The normalized spacial score (nSPS) is 15.4. The molecule has 1 amide bonds. The van der Waals surface area contributed by atoms with E-state index in [1.807, 2.05) is 29.3 Å². The number of hydrogen-bond acceptors (Lipinski definition) is 3. The minimum Gasteiger partial charge on any atom is -0.478 e. The van der Waals surface area contributed by atoms with Crippen LogP contribution in [0.25, 0.3) is 0 Å². The number of likely N-dealkylation sites (tertiary alicyclic amines) is 1. The van der Waals surface area contributed by atoms with Crippen molar-refractivity contribution in [1.82, 2.24) is 14.7 Å². The van der Waals surface area contributed by atoms with Gasteiger partial charge in [-0.3, -0.25) is 9.48 Å². The number of aromatic nitrogens is 2. The Morgan fingerprint density at radius 3 is 2.58 bits per heavy atom. The molecule has 0 atom stereocenters. The summed E-state index contributed by atoms with van der Waals surface area (Å²) in [5, 5.41) is 13.4. The van der Waals surface area contributed by atoms with Crippen LogP contribution in [-0.4, -0.2) is 44.8 Å². The second-order valence-corrected chi connectivity index (χ2v) is 6.07. The average Bonchev–Trinajstić information content (AvgIpc) is 3.13. The zero-order valence-corrected chi connectivity index (χ0v) is 13.5. The Bertz CT molecular complexity index is 704. The molecule has 2 heterocycles. The van der Waals surface area contributed by atoms with E-state index in [-0.39, 0.29) is 11.8 Å². The minimum atomic E-state index is -0.886. The van der Waals surface area contributed by atoms with Crippen LogP contribution in [0, 0.1) is 0 Å². The van der Waals surface area contributed by atoms with Crippen molar-refractivity contribution in [3.05, 3.63) is 53.9 Å². The van der Waals surface area contributed by atoms with Crippen LogP contribution in [0.15, 0.2) is 42.7 Å². The van der Waals surface area contributed by atoms with Crippen LogP contribution in [0.4, 0.5) is 0 Å². The van der Waals surface area contributed by atoms with Crippen LogP contribution in [0.3, 0.4) is 0 Å². The van der Waals surface area contributed by atoms with Gasteiger partial charge < -0.3 is 10.0 Å². The first-order chi connectivity index (χ1) is 11.6. The summed E-state index contributed by atoms with van der Waals surface area (Å²) in [6.45, 7) is 1.95. The third-order valence-corrected chi connectivity index (χ3v) is 4.59. The van der Waals surface area contributed by atoms with Gasteiger partial charge in [0.15, 0.2) is 0 Å². The molecular formula is C18H21N3O3. The molecule has 1 aliphatic heterocycles. The molecule has 126 valence electrons. The summed E-state index contributed by atoms with van der Waals surface area (Å²) in [7, 11) is 0. The van der Waals surface area contributed by atoms with Gasteiger partial charge in [0, 0.05) is 38.4 Å². The van der Waals surface area contributed by atoms with Crippen molar-refractivity contribution in [2.45, 2.75) is 31.7 Å². The summed E-state index contributed by atoms with van der Waals surface area (Å²) in [4.78, 5) is 25.5. The molecule has 2 aromatic rings. The Balaban J connectivity index is 1.56. The molecule has 0 aliphatic carbocycles. The molecule has 1 aromatic heterocycles. The molecule has 0 saturated carbocycles. The quantitative estimate of drug-likeness (QED) is 0.915. The van der Waals surface area contributed by atoms with Crippen LogP contribution in [0.5, 0.6) is 0 Å². The molecule has 0 unspecified atom stereocenters. The maximum atomic E-state index is 12.3. The monoisotopic (exact) mass is 327 g/mol. The third kappa shape index (κ3) is 3.64.